The summed E-state index contributed by atoms with van der Waals surface area (Å²) < 4.78 is 17.4. The van der Waals surface area contributed by atoms with Crippen LogP contribution in [-0.4, -0.2) is 37.0 Å². The molecule has 0 aliphatic heterocycles. The first-order valence-electron chi connectivity index (χ1n) is 12.2. The molecule has 0 heterocycles. The second-order valence-electron chi connectivity index (χ2n) is 8.41. The van der Waals surface area contributed by atoms with Gasteiger partial charge < -0.3 is 19.1 Å². The van der Waals surface area contributed by atoms with Crippen molar-refractivity contribution in [3.63, 3.8) is 0 Å². The van der Waals surface area contributed by atoms with Crippen LogP contribution in [0.15, 0.2) is 103 Å². The molecule has 0 spiro atoms. The van der Waals surface area contributed by atoms with Crippen molar-refractivity contribution in [2.45, 2.75) is 27.1 Å². The van der Waals surface area contributed by atoms with Crippen molar-refractivity contribution < 1.29 is 23.8 Å². The van der Waals surface area contributed by atoms with Crippen LogP contribution in [0.3, 0.4) is 0 Å². The second-order valence-corrected chi connectivity index (χ2v) is 8.41. The zero-order valence-electron chi connectivity index (χ0n) is 21.6. The molecule has 6 heteroatoms. The summed E-state index contributed by atoms with van der Waals surface area (Å²) in [5.41, 5.74) is 3.31. The molecule has 0 aliphatic rings. The minimum atomic E-state index is -0.569. The van der Waals surface area contributed by atoms with E-state index in [1.807, 2.05) is 92.7 Å². The van der Waals surface area contributed by atoms with Gasteiger partial charge in [-0.1, -0.05) is 78.9 Å². The van der Waals surface area contributed by atoms with Crippen LogP contribution in [0, 0.1) is 0 Å². The maximum absolute atomic E-state index is 13.0. The summed E-state index contributed by atoms with van der Waals surface area (Å²) in [6, 6.07) is 24.2. The molecular formula is C31H33NO5. The first kappa shape index (κ1) is 27.3. The first-order valence-corrected chi connectivity index (χ1v) is 12.2. The summed E-state index contributed by atoms with van der Waals surface area (Å²) in [6.07, 6.45) is 5.35. The summed E-state index contributed by atoms with van der Waals surface area (Å²) in [6.45, 7) is 4.61. The average molecular weight is 500 g/mol. The Morgan fingerprint density at radius 1 is 0.811 bits per heavy atom. The lowest BCUT2D eigenvalue weighted by atomic mass is 10.1. The van der Waals surface area contributed by atoms with E-state index in [2.05, 4.69) is 0 Å². The van der Waals surface area contributed by atoms with E-state index in [0.717, 1.165) is 16.7 Å². The van der Waals surface area contributed by atoms with Gasteiger partial charge >= 0.3 is 6.09 Å². The number of ether oxygens (including phenoxy) is 3. The molecule has 0 aromatic heterocycles. The topological polar surface area (TPSA) is 65.1 Å². The number of carbonyl (C=O) groups excluding carboxylic acids is 2. The van der Waals surface area contributed by atoms with Crippen molar-refractivity contribution in [2.24, 2.45) is 0 Å². The zero-order valence-corrected chi connectivity index (χ0v) is 21.6. The van der Waals surface area contributed by atoms with Crippen LogP contribution in [-0.2, 0) is 18.0 Å². The predicted molar refractivity (Wildman–Crippen MR) is 145 cm³/mol. The Labute approximate surface area is 218 Å². The summed E-state index contributed by atoms with van der Waals surface area (Å²) in [5.74, 6) is 0.755. The SMILES string of the molecule is C/C=C\C(=C/C)COc1ccc(C(=O)CN(C)C(=O)OCc2ccccc2)cc1OCc1ccccc1. The molecule has 0 radical (unpaired) electrons. The van der Waals surface area contributed by atoms with Crippen LogP contribution in [0.1, 0.15) is 35.3 Å². The highest BCUT2D eigenvalue weighted by Gasteiger charge is 2.18. The lowest BCUT2D eigenvalue weighted by molar-refractivity contribution is 0.0850. The molecule has 3 rings (SSSR count). The molecule has 0 bridgehead atoms. The number of Topliss-reactive ketones (excluding diaryl/α,β-unsaturated/α-hetero) is 1. The van der Waals surface area contributed by atoms with Gasteiger partial charge in [0.1, 0.15) is 19.8 Å². The van der Waals surface area contributed by atoms with Gasteiger partial charge in [-0.3, -0.25) is 4.79 Å². The number of carbonyl (C=O) groups is 2. The van der Waals surface area contributed by atoms with E-state index in [-0.39, 0.29) is 18.9 Å². The molecule has 192 valence electrons. The van der Waals surface area contributed by atoms with E-state index in [0.29, 0.717) is 30.3 Å². The number of rotatable bonds is 12. The Morgan fingerprint density at radius 3 is 2.08 bits per heavy atom. The highest BCUT2D eigenvalue weighted by atomic mass is 16.6. The van der Waals surface area contributed by atoms with Crippen LogP contribution in [0.4, 0.5) is 4.79 Å². The van der Waals surface area contributed by atoms with E-state index in [1.165, 1.54) is 11.9 Å². The number of nitrogens with zero attached hydrogens (tertiary/aromatic N) is 1. The molecule has 0 saturated heterocycles. The fourth-order valence-corrected chi connectivity index (χ4v) is 3.45. The van der Waals surface area contributed by atoms with Gasteiger partial charge in [-0.15, -0.1) is 0 Å². The third-order valence-corrected chi connectivity index (χ3v) is 5.55. The third-order valence-electron chi connectivity index (χ3n) is 5.55. The van der Waals surface area contributed by atoms with Crippen molar-refractivity contribution >= 4 is 11.9 Å². The van der Waals surface area contributed by atoms with Gasteiger partial charge in [-0.2, -0.15) is 0 Å². The number of hydrogen-bond acceptors (Lipinski definition) is 5. The van der Waals surface area contributed by atoms with Gasteiger partial charge in [-0.05, 0) is 48.7 Å². The summed E-state index contributed by atoms with van der Waals surface area (Å²) in [5, 5.41) is 0. The molecule has 3 aromatic rings. The zero-order chi connectivity index (χ0) is 26.5. The smallest absolute Gasteiger partial charge is 0.410 e. The van der Waals surface area contributed by atoms with E-state index >= 15 is 0 Å². The van der Waals surface area contributed by atoms with Crippen LogP contribution in [0.25, 0.3) is 0 Å². The largest absolute Gasteiger partial charge is 0.485 e. The fourth-order valence-electron chi connectivity index (χ4n) is 3.45. The molecule has 0 N–H and O–H groups in total. The van der Waals surface area contributed by atoms with Crippen molar-refractivity contribution in [1.29, 1.82) is 0 Å². The minimum absolute atomic E-state index is 0.129. The first-order chi connectivity index (χ1) is 18.0. The van der Waals surface area contributed by atoms with Gasteiger partial charge in [0.25, 0.3) is 0 Å². The Hall–Kier alpha value is -4.32. The lowest BCUT2D eigenvalue weighted by Gasteiger charge is -2.18. The second kappa shape index (κ2) is 14.3. The Morgan fingerprint density at radius 2 is 1.46 bits per heavy atom. The molecule has 3 aromatic carbocycles. The standard InChI is InChI=1S/C31H33NO5/c1-4-12-24(5-2)21-35-29-18-17-27(19-30(29)36-22-25-13-8-6-9-14-25)28(33)20-32(3)31(34)37-23-26-15-10-7-11-16-26/h4-19H,20-23H2,1-3H3/b12-4-,24-5+. The molecule has 0 saturated carbocycles. The van der Waals surface area contributed by atoms with Gasteiger partial charge in [-0.25, -0.2) is 4.79 Å². The molecule has 0 unspecified atom stereocenters. The monoisotopic (exact) mass is 499 g/mol. The highest BCUT2D eigenvalue weighted by Crippen LogP contribution is 2.30. The maximum Gasteiger partial charge on any atom is 0.410 e. The summed E-state index contributed by atoms with van der Waals surface area (Å²) in [4.78, 5) is 26.7. The number of amides is 1. The quantitative estimate of drug-likeness (QED) is 0.207. The molecule has 1 amide bonds. The predicted octanol–water partition coefficient (Wildman–Crippen LogP) is 6.62. The fraction of sp³-hybridized carbons (Fsp3) is 0.226. The van der Waals surface area contributed by atoms with Crippen molar-refractivity contribution in [3.8, 4) is 11.5 Å². The van der Waals surface area contributed by atoms with Gasteiger partial charge in [0, 0.05) is 12.6 Å². The summed E-state index contributed by atoms with van der Waals surface area (Å²) >= 11 is 0. The Kier molecular flexibility index (Phi) is 10.5. The van der Waals surface area contributed by atoms with Crippen molar-refractivity contribution in [2.75, 3.05) is 20.2 Å². The highest BCUT2D eigenvalue weighted by molar-refractivity contribution is 5.99. The van der Waals surface area contributed by atoms with Crippen LogP contribution < -0.4 is 9.47 Å². The Bertz CT molecular complexity index is 1220. The van der Waals surface area contributed by atoms with Crippen molar-refractivity contribution in [1.82, 2.24) is 4.90 Å². The molecule has 0 atom stereocenters. The van der Waals surface area contributed by atoms with Crippen LogP contribution in [0.5, 0.6) is 11.5 Å². The van der Waals surface area contributed by atoms with Crippen LogP contribution in [0.2, 0.25) is 0 Å². The van der Waals surface area contributed by atoms with E-state index in [9.17, 15) is 9.59 Å². The van der Waals surface area contributed by atoms with E-state index in [1.54, 1.807) is 18.2 Å². The molecule has 6 nitrogen and oxygen atoms in total. The van der Waals surface area contributed by atoms with E-state index in [4.69, 9.17) is 14.2 Å². The van der Waals surface area contributed by atoms with Crippen LogP contribution >= 0.6 is 0 Å². The minimum Gasteiger partial charge on any atom is -0.485 e. The Balaban J connectivity index is 1.69. The molecular weight excluding hydrogens is 466 g/mol. The average Bonchev–Trinajstić information content (AvgIpc) is 2.94. The lowest BCUT2D eigenvalue weighted by Crippen LogP contribution is -2.32. The number of benzene rings is 3. The summed E-state index contributed by atoms with van der Waals surface area (Å²) in [7, 11) is 1.54. The van der Waals surface area contributed by atoms with Crippen molar-refractivity contribution in [3.05, 3.63) is 119 Å². The number of ketones is 1. The van der Waals surface area contributed by atoms with Gasteiger partial charge in [0.05, 0.1) is 6.54 Å². The maximum atomic E-state index is 13.0. The van der Waals surface area contributed by atoms with E-state index < -0.39 is 6.09 Å². The molecule has 0 fully saturated rings. The van der Waals surface area contributed by atoms with Gasteiger partial charge in [0.2, 0.25) is 0 Å². The number of hydrogen-bond donors (Lipinski definition) is 0. The molecule has 37 heavy (non-hydrogen) atoms. The van der Waals surface area contributed by atoms with Gasteiger partial charge in [0.15, 0.2) is 17.3 Å². The number of likely N-dealkylation sites (N-methyl/N-ethyl adjacent to an activating group) is 1. The molecule has 0 aliphatic carbocycles. The third kappa shape index (κ3) is 8.69. The normalized spacial score (nSPS) is 11.3. The number of allylic oxidation sites excluding steroid dienone is 2.